The fourth-order valence-electron chi connectivity index (χ4n) is 8.72. The number of fused-ring (bicyclic) bond motifs is 5. The van der Waals surface area contributed by atoms with Crippen molar-refractivity contribution in [3.8, 4) is 39.1 Å². The van der Waals surface area contributed by atoms with Crippen LogP contribution in [0.25, 0.3) is 104 Å². The molecule has 0 fully saturated rings. The molecule has 0 N–H and O–H groups in total. The number of hydrogen-bond acceptors (Lipinski definition) is 1. The first-order chi connectivity index (χ1) is 28.5. The molecule has 2 heteroatoms. The Balaban J connectivity index is 0.000000823. The highest BCUT2D eigenvalue weighted by molar-refractivity contribution is 7.26. The molecule has 0 unspecified atom stereocenters. The molecule has 1 aliphatic carbocycles. The summed E-state index contributed by atoms with van der Waals surface area (Å²) < 4.78 is 4.94. The minimum absolute atomic E-state index is 1.04. The third kappa shape index (κ3) is 6.02. The Kier molecular flexibility index (Phi) is 9.57. The molecule has 10 rings (SSSR count). The van der Waals surface area contributed by atoms with Crippen LogP contribution in [0.4, 0.5) is 0 Å². The minimum atomic E-state index is 1.04. The van der Waals surface area contributed by atoms with Crippen LogP contribution in [0.2, 0.25) is 0 Å². The van der Waals surface area contributed by atoms with Crippen LogP contribution in [0.15, 0.2) is 190 Å². The van der Waals surface area contributed by atoms with E-state index in [2.05, 4.69) is 177 Å². The average Bonchev–Trinajstić information content (AvgIpc) is 3.91. The molecule has 1 nitrogen and oxygen atoms in total. The molecule has 9 aromatic rings. The van der Waals surface area contributed by atoms with Crippen LogP contribution in [0.1, 0.15) is 36.2 Å². The summed E-state index contributed by atoms with van der Waals surface area (Å²) >= 11 is 1.88. The molecule has 0 saturated carbocycles. The van der Waals surface area contributed by atoms with Crippen LogP contribution in [0.5, 0.6) is 0 Å². The molecular formula is C56H43NS. The van der Waals surface area contributed by atoms with Gasteiger partial charge in [0, 0.05) is 36.8 Å². The number of nitrogens with zero attached hydrogens (tertiary/aromatic N) is 1. The molecule has 0 radical (unpaired) electrons. The van der Waals surface area contributed by atoms with Gasteiger partial charge in [0.15, 0.2) is 0 Å². The van der Waals surface area contributed by atoms with E-state index in [1.807, 2.05) is 48.6 Å². The normalized spacial score (nSPS) is 12.1. The maximum atomic E-state index is 4.25. The SMILES string of the molecule is C=C/C=C\C.C=CC1=C(C)c2cc3sc4ccc(-c5ccc6c(c5)c(C=C)c(C=C)n6-c5ccc(-c6cccc(-c7ccccc7)c6)cc5)cc4c3c3cccc1c23. The van der Waals surface area contributed by atoms with Gasteiger partial charge >= 0.3 is 0 Å². The van der Waals surface area contributed by atoms with Crippen molar-refractivity contribution in [3.05, 3.63) is 213 Å². The van der Waals surface area contributed by atoms with E-state index < -0.39 is 0 Å². The highest BCUT2D eigenvalue weighted by Crippen LogP contribution is 2.49. The summed E-state index contributed by atoms with van der Waals surface area (Å²) in [5.74, 6) is 0. The number of hydrogen-bond donors (Lipinski definition) is 0. The average molecular weight is 762 g/mol. The molecule has 7 aromatic carbocycles. The lowest BCUT2D eigenvalue weighted by molar-refractivity contribution is 1.11. The third-order valence-corrected chi connectivity index (χ3v) is 12.5. The van der Waals surface area contributed by atoms with Crippen LogP contribution in [-0.4, -0.2) is 4.57 Å². The Labute approximate surface area is 344 Å². The van der Waals surface area contributed by atoms with Crippen LogP contribution >= 0.6 is 11.3 Å². The van der Waals surface area contributed by atoms with Crippen molar-refractivity contribution in [2.75, 3.05) is 0 Å². The molecule has 58 heavy (non-hydrogen) atoms. The molecule has 278 valence electrons. The number of rotatable bonds is 8. The van der Waals surface area contributed by atoms with E-state index in [1.54, 1.807) is 6.08 Å². The van der Waals surface area contributed by atoms with Gasteiger partial charge in [0.25, 0.3) is 0 Å². The standard InChI is InChI=1S/C51H35NS.C5H8/c1-5-39-31(4)43-30-49-51(42-18-12-17-41(39)50(42)43)45-29-37(22-26-48(45)53-49)36-21-25-47-44(28-36)40(6-2)46(7-3)52(47)38-23-19-33(20-24-38)35-16-11-15-34(27-35)32-13-9-8-10-14-32;1-3-5-4-2/h5-30H,1-3H2,4H3;3-5H,1H2,2H3/b;5-4-. The third-order valence-electron chi connectivity index (χ3n) is 11.4. The van der Waals surface area contributed by atoms with E-state index in [1.165, 1.54) is 86.6 Å². The highest BCUT2D eigenvalue weighted by atomic mass is 32.1. The lowest BCUT2D eigenvalue weighted by Gasteiger charge is -2.11. The zero-order valence-electron chi connectivity index (χ0n) is 32.9. The van der Waals surface area contributed by atoms with Gasteiger partial charge in [-0.2, -0.15) is 0 Å². The van der Waals surface area contributed by atoms with Gasteiger partial charge < -0.3 is 4.57 Å². The summed E-state index contributed by atoms with van der Waals surface area (Å²) in [4.78, 5) is 0. The van der Waals surface area contributed by atoms with Gasteiger partial charge in [0.05, 0.1) is 11.2 Å². The van der Waals surface area contributed by atoms with E-state index in [0.29, 0.717) is 0 Å². The zero-order valence-corrected chi connectivity index (χ0v) is 33.7. The first-order valence-electron chi connectivity index (χ1n) is 19.7. The van der Waals surface area contributed by atoms with Crippen molar-refractivity contribution < 1.29 is 0 Å². The monoisotopic (exact) mass is 761 g/mol. The Hall–Kier alpha value is -7.00. The van der Waals surface area contributed by atoms with Crippen molar-refractivity contribution in [2.24, 2.45) is 0 Å². The molecule has 0 amide bonds. The lowest BCUT2D eigenvalue weighted by Crippen LogP contribution is -1.97. The van der Waals surface area contributed by atoms with Crippen molar-refractivity contribution in [1.82, 2.24) is 4.57 Å². The smallest absolute Gasteiger partial charge is 0.0541 e. The topological polar surface area (TPSA) is 4.93 Å². The van der Waals surface area contributed by atoms with E-state index in [-0.39, 0.29) is 0 Å². The van der Waals surface area contributed by atoms with Gasteiger partial charge in [-0.05, 0) is 135 Å². The molecule has 1 aliphatic rings. The quantitative estimate of drug-likeness (QED) is 0.136. The number of benzene rings is 7. The van der Waals surface area contributed by atoms with Crippen LogP contribution in [0.3, 0.4) is 0 Å². The minimum Gasteiger partial charge on any atom is -0.309 e. The Morgan fingerprint density at radius 1 is 0.517 bits per heavy atom. The van der Waals surface area contributed by atoms with Crippen molar-refractivity contribution >= 4 is 76.5 Å². The van der Waals surface area contributed by atoms with Gasteiger partial charge in [-0.25, -0.2) is 0 Å². The van der Waals surface area contributed by atoms with Crippen LogP contribution < -0.4 is 0 Å². The van der Waals surface area contributed by atoms with Gasteiger partial charge in [0.1, 0.15) is 0 Å². The maximum Gasteiger partial charge on any atom is 0.0541 e. The first-order valence-corrected chi connectivity index (χ1v) is 20.5. The van der Waals surface area contributed by atoms with Crippen molar-refractivity contribution in [1.29, 1.82) is 0 Å². The molecule has 2 aromatic heterocycles. The second-order valence-corrected chi connectivity index (χ2v) is 15.7. The summed E-state index contributed by atoms with van der Waals surface area (Å²) in [6.45, 7) is 20.3. The number of thiophene rings is 1. The fourth-order valence-corrected chi connectivity index (χ4v) is 9.86. The van der Waals surface area contributed by atoms with Crippen molar-refractivity contribution in [2.45, 2.75) is 13.8 Å². The summed E-state index contributed by atoms with van der Waals surface area (Å²) in [5.41, 5.74) is 16.7. The van der Waals surface area contributed by atoms with E-state index in [0.717, 1.165) is 27.8 Å². The fraction of sp³-hybridized carbons (Fsp3) is 0.0357. The Morgan fingerprint density at radius 3 is 1.84 bits per heavy atom. The van der Waals surface area contributed by atoms with E-state index in [9.17, 15) is 0 Å². The maximum absolute atomic E-state index is 4.25. The molecule has 0 aliphatic heterocycles. The predicted molar refractivity (Wildman–Crippen MR) is 258 cm³/mol. The summed E-state index contributed by atoms with van der Waals surface area (Å²) in [6, 6.07) is 51.0. The zero-order chi connectivity index (χ0) is 39.9. The largest absolute Gasteiger partial charge is 0.309 e. The summed E-state index contributed by atoms with van der Waals surface area (Å²) in [7, 11) is 0. The summed E-state index contributed by atoms with van der Waals surface area (Å²) in [5, 5.41) is 6.47. The van der Waals surface area contributed by atoms with Gasteiger partial charge in [-0.3, -0.25) is 0 Å². The van der Waals surface area contributed by atoms with Crippen LogP contribution in [-0.2, 0) is 0 Å². The predicted octanol–water partition coefficient (Wildman–Crippen LogP) is 16.6. The number of aromatic nitrogens is 1. The molecule has 2 heterocycles. The molecule has 0 saturated heterocycles. The molecule has 0 spiro atoms. The van der Waals surface area contributed by atoms with Crippen molar-refractivity contribution in [3.63, 3.8) is 0 Å². The van der Waals surface area contributed by atoms with E-state index in [4.69, 9.17) is 0 Å². The second-order valence-electron chi connectivity index (χ2n) is 14.6. The lowest BCUT2D eigenvalue weighted by atomic mass is 9.96. The molecule has 0 bridgehead atoms. The second kappa shape index (κ2) is 15.2. The van der Waals surface area contributed by atoms with Gasteiger partial charge in [0.2, 0.25) is 0 Å². The molecule has 0 atom stereocenters. The number of allylic oxidation sites excluding steroid dienone is 6. The van der Waals surface area contributed by atoms with E-state index >= 15 is 0 Å². The molecular weight excluding hydrogens is 719 g/mol. The highest BCUT2D eigenvalue weighted by Gasteiger charge is 2.23. The Bertz CT molecular complexity index is 3180. The van der Waals surface area contributed by atoms with Gasteiger partial charge in [-0.1, -0.05) is 148 Å². The van der Waals surface area contributed by atoms with Crippen LogP contribution in [0, 0.1) is 0 Å². The first kappa shape index (κ1) is 36.6. The Morgan fingerprint density at radius 2 is 1.17 bits per heavy atom. The summed E-state index contributed by atoms with van der Waals surface area (Å²) in [6.07, 6.45) is 11.5. The van der Waals surface area contributed by atoms with Gasteiger partial charge in [-0.15, -0.1) is 11.3 Å².